The van der Waals surface area contributed by atoms with Gasteiger partial charge < -0.3 is 10.5 Å². The van der Waals surface area contributed by atoms with E-state index in [1.54, 1.807) is 5.38 Å². The fourth-order valence-electron chi connectivity index (χ4n) is 0.873. The molecule has 2 N–H and O–H groups in total. The van der Waals surface area contributed by atoms with E-state index >= 15 is 0 Å². The van der Waals surface area contributed by atoms with Crippen LogP contribution < -0.4 is 5.73 Å². The highest BCUT2D eigenvalue weighted by molar-refractivity contribution is 7.13. The van der Waals surface area contributed by atoms with Crippen LogP contribution in [0, 0.1) is 0 Å². The molecule has 0 radical (unpaired) electrons. The summed E-state index contributed by atoms with van der Waals surface area (Å²) in [5, 5.41) is 2.29. The number of nitrogens with zero attached hydrogens (tertiary/aromatic N) is 1. The Hall–Kier alpha value is -0.940. The number of thiazole rings is 1. The van der Waals surface area contributed by atoms with Gasteiger partial charge in [0, 0.05) is 12.0 Å². The number of ketones is 1. The molecule has 72 valence electrons. The molecular formula is C8H12N2O2S. The normalized spacial score (nSPS) is 10.2. The van der Waals surface area contributed by atoms with Gasteiger partial charge in [-0.25, -0.2) is 4.98 Å². The monoisotopic (exact) mass is 200 g/mol. The van der Waals surface area contributed by atoms with E-state index in [9.17, 15) is 4.79 Å². The van der Waals surface area contributed by atoms with Crippen molar-refractivity contribution in [3.05, 3.63) is 11.1 Å². The maximum atomic E-state index is 11.2. The van der Waals surface area contributed by atoms with Crippen molar-refractivity contribution >= 4 is 22.3 Å². The minimum atomic E-state index is 0.0344. The van der Waals surface area contributed by atoms with E-state index in [0.717, 1.165) is 5.69 Å². The lowest BCUT2D eigenvalue weighted by molar-refractivity contribution is -0.122. The number of hydrogen-bond acceptors (Lipinski definition) is 5. The molecule has 13 heavy (non-hydrogen) atoms. The van der Waals surface area contributed by atoms with Gasteiger partial charge in [0.15, 0.2) is 10.9 Å². The molecule has 0 spiro atoms. The maximum absolute atomic E-state index is 11.2. The fraction of sp³-hybridized carbons (Fsp3) is 0.500. The van der Waals surface area contributed by atoms with Gasteiger partial charge in [0.05, 0.1) is 12.1 Å². The van der Waals surface area contributed by atoms with Gasteiger partial charge in [0.25, 0.3) is 0 Å². The van der Waals surface area contributed by atoms with Gasteiger partial charge in [0.2, 0.25) is 0 Å². The Kier molecular flexibility index (Phi) is 3.85. The first-order chi connectivity index (χ1) is 6.22. The molecule has 0 unspecified atom stereocenters. The molecule has 0 aliphatic rings. The molecule has 5 heteroatoms. The second-order valence-electron chi connectivity index (χ2n) is 2.53. The average molecular weight is 200 g/mol. The predicted octanol–water partition coefficient (Wildman–Crippen LogP) is 0.873. The highest BCUT2D eigenvalue weighted by Crippen LogP contribution is 2.11. The summed E-state index contributed by atoms with van der Waals surface area (Å²) in [7, 11) is 0. The molecule has 0 aliphatic heterocycles. The number of carbonyl (C=O) groups excluding carboxylic acids is 1. The van der Waals surface area contributed by atoms with Gasteiger partial charge in [0.1, 0.15) is 6.61 Å². The van der Waals surface area contributed by atoms with E-state index in [1.807, 2.05) is 6.92 Å². The van der Waals surface area contributed by atoms with Crippen molar-refractivity contribution in [3.8, 4) is 0 Å². The molecule has 1 heterocycles. The van der Waals surface area contributed by atoms with Crippen molar-refractivity contribution in [1.29, 1.82) is 0 Å². The summed E-state index contributed by atoms with van der Waals surface area (Å²) in [5.74, 6) is 0.0344. The number of nitrogen functional groups attached to an aromatic ring is 1. The molecule has 1 aromatic heterocycles. The molecular weight excluding hydrogens is 188 g/mol. The average Bonchev–Trinajstić information content (AvgIpc) is 2.48. The Morgan fingerprint density at radius 2 is 2.54 bits per heavy atom. The molecule has 0 fully saturated rings. The second-order valence-corrected chi connectivity index (χ2v) is 3.42. The summed E-state index contributed by atoms with van der Waals surface area (Å²) in [6, 6.07) is 0. The van der Waals surface area contributed by atoms with Crippen LogP contribution in [0.4, 0.5) is 5.13 Å². The fourth-order valence-corrected chi connectivity index (χ4v) is 1.44. The zero-order valence-electron chi connectivity index (χ0n) is 7.45. The van der Waals surface area contributed by atoms with Gasteiger partial charge in [-0.3, -0.25) is 4.79 Å². The zero-order valence-corrected chi connectivity index (χ0v) is 8.26. The molecule has 1 rings (SSSR count). The molecule has 0 atom stereocenters. The van der Waals surface area contributed by atoms with Gasteiger partial charge in [-0.1, -0.05) is 0 Å². The van der Waals surface area contributed by atoms with Crippen molar-refractivity contribution in [3.63, 3.8) is 0 Å². The predicted molar refractivity (Wildman–Crippen MR) is 51.7 cm³/mol. The van der Waals surface area contributed by atoms with Crippen LogP contribution in [-0.2, 0) is 16.0 Å². The molecule has 1 aromatic rings. The summed E-state index contributed by atoms with van der Waals surface area (Å²) < 4.78 is 4.97. The number of nitrogens with two attached hydrogens (primary N) is 1. The van der Waals surface area contributed by atoms with Crippen molar-refractivity contribution in [2.45, 2.75) is 13.3 Å². The number of Topliss-reactive ketones (excluding diaryl/α,β-unsaturated/α-hetero) is 1. The highest BCUT2D eigenvalue weighted by Gasteiger charge is 2.06. The Bertz CT molecular complexity index is 285. The molecule has 0 aliphatic carbocycles. The molecule has 0 saturated heterocycles. The van der Waals surface area contributed by atoms with Crippen LogP contribution in [-0.4, -0.2) is 24.0 Å². The van der Waals surface area contributed by atoms with Crippen molar-refractivity contribution in [2.24, 2.45) is 0 Å². The van der Waals surface area contributed by atoms with Crippen LogP contribution in [0.15, 0.2) is 5.38 Å². The quantitative estimate of drug-likeness (QED) is 0.766. The SMILES string of the molecule is CCOCC(=O)Cc1csc(N)n1. The Morgan fingerprint density at radius 1 is 1.77 bits per heavy atom. The number of carbonyl (C=O) groups is 1. The third-order valence-corrected chi connectivity index (χ3v) is 2.14. The van der Waals surface area contributed by atoms with Crippen molar-refractivity contribution < 1.29 is 9.53 Å². The molecule has 0 saturated carbocycles. The van der Waals surface area contributed by atoms with Crippen LogP contribution in [0.3, 0.4) is 0 Å². The minimum Gasteiger partial charge on any atom is -0.375 e. The number of ether oxygens (including phenoxy) is 1. The van der Waals surface area contributed by atoms with Crippen LogP contribution in [0.1, 0.15) is 12.6 Å². The van der Waals surface area contributed by atoms with Crippen LogP contribution >= 0.6 is 11.3 Å². The summed E-state index contributed by atoms with van der Waals surface area (Å²) in [5.41, 5.74) is 6.15. The lowest BCUT2D eigenvalue weighted by Crippen LogP contribution is -2.11. The van der Waals surface area contributed by atoms with E-state index in [1.165, 1.54) is 11.3 Å². The molecule has 0 amide bonds. The number of hydrogen-bond donors (Lipinski definition) is 1. The summed E-state index contributed by atoms with van der Waals surface area (Å²) in [6.07, 6.45) is 0.313. The highest BCUT2D eigenvalue weighted by atomic mass is 32.1. The van der Waals surface area contributed by atoms with Gasteiger partial charge in [-0.05, 0) is 6.92 Å². The lowest BCUT2D eigenvalue weighted by atomic mass is 10.2. The number of aromatic nitrogens is 1. The summed E-state index contributed by atoms with van der Waals surface area (Å²) >= 11 is 1.34. The third kappa shape index (κ3) is 3.52. The second kappa shape index (κ2) is 4.94. The third-order valence-electron chi connectivity index (χ3n) is 1.41. The van der Waals surface area contributed by atoms with Gasteiger partial charge >= 0.3 is 0 Å². The van der Waals surface area contributed by atoms with E-state index < -0.39 is 0 Å². The Labute approximate surface area is 80.7 Å². The minimum absolute atomic E-state index is 0.0344. The Morgan fingerprint density at radius 3 is 3.08 bits per heavy atom. The molecule has 4 nitrogen and oxygen atoms in total. The topological polar surface area (TPSA) is 65.2 Å². The number of anilines is 1. The lowest BCUT2D eigenvalue weighted by Gasteiger charge is -1.97. The van der Waals surface area contributed by atoms with E-state index in [0.29, 0.717) is 18.2 Å². The van der Waals surface area contributed by atoms with Gasteiger partial charge in [-0.15, -0.1) is 11.3 Å². The van der Waals surface area contributed by atoms with Gasteiger partial charge in [-0.2, -0.15) is 0 Å². The number of rotatable bonds is 5. The first-order valence-corrected chi connectivity index (χ1v) is 4.89. The Balaban J connectivity index is 2.36. The van der Waals surface area contributed by atoms with Crippen LogP contribution in [0.2, 0.25) is 0 Å². The largest absolute Gasteiger partial charge is 0.375 e. The maximum Gasteiger partial charge on any atom is 0.180 e. The van der Waals surface area contributed by atoms with E-state index in [2.05, 4.69) is 4.98 Å². The first kappa shape index (κ1) is 10.1. The smallest absolute Gasteiger partial charge is 0.180 e. The molecule has 0 aromatic carbocycles. The first-order valence-electron chi connectivity index (χ1n) is 4.01. The van der Waals surface area contributed by atoms with Crippen molar-refractivity contribution in [2.75, 3.05) is 18.9 Å². The molecule has 0 bridgehead atoms. The summed E-state index contributed by atoms with van der Waals surface area (Å²) in [4.78, 5) is 15.2. The van der Waals surface area contributed by atoms with Crippen LogP contribution in [0.25, 0.3) is 0 Å². The van der Waals surface area contributed by atoms with E-state index in [-0.39, 0.29) is 12.4 Å². The summed E-state index contributed by atoms with van der Waals surface area (Å²) in [6.45, 7) is 2.58. The van der Waals surface area contributed by atoms with Crippen molar-refractivity contribution in [1.82, 2.24) is 4.98 Å². The zero-order chi connectivity index (χ0) is 9.68. The van der Waals surface area contributed by atoms with E-state index in [4.69, 9.17) is 10.5 Å². The standard InChI is InChI=1S/C8H12N2O2S/c1-2-12-4-7(11)3-6-5-13-8(9)10-6/h5H,2-4H2,1H3,(H2,9,10). The van der Waals surface area contributed by atoms with Crippen LogP contribution in [0.5, 0.6) is 0 Å².